The van der Waals surface area contributed by atoms with Gasteiger partial charge in [-0.05, 0) is 24.3 Å². The molecule has 138 valence electrons. The smallest absolute Gasteiger partial charge is 0.282 e. The van der Waals surface area contributed by atoms with Crippen LogP contribution in [0.25, 0.3) is 0 Å². The first kappa shape index (κ1) is 18.4. The quantitative estimate of drug-likeness (QED) is 0.809. The summed E-state index contributed by atoms with van der Waals surface area (Å²) in [4.78, 5) is 14.2. The fourth-order valence-electron chi connectivity index (χ4n) is 3.57. The van der Waals surface area contributed by atoms with Gasteiger partial charge in [-0.25, -0.2) is 0 Å². The van der Waals surface area contributed by atoms with Gasteiger partial charge in [-0.3, -0.25) is 4.79 Å². The average Bonchev–Trinajstić information content (AvgIpc) is 2.62. The Hall–Kier alpha value is -1.44. The van der Waals surface area contributed by atoms with Crippen LogP contribution in [0.15, 0.2) is 30.3 Å². The van der Waals surface area contributed by atoms with Crippen molar-refractivity contribution >= 4 is 16.1 Å². The van der Waals surface area contributed by atoms with Crippen molar-refractivity contribution in [2.24, 2.45) is 5.92 Å². The van der Waals surface area contributed by atoms with Crippen molar-refractivity contribution in [3.8, 4) is 0 Å². The van der Waals surface area contributed by atoms with E-state index in [1.54, 1.807) is 9.21 Å². The van der Waals surface area contributed by atoms with Gasteiger partial charge in [0.2, 0.25) is 5.91 Å². The second-order valence-electron chi connectivity index (χ2n) is 7.06. The molecule has 0 aromatic heterocycles. The molecule has 1 aromatic rings. The van der Waals surface area contributed by atoms with Gasteiger partial charge in [-0.1, -0.05) is 37.3 Å². The van der Waals surface area contributed by atoms with Crippen LogP contribution in [0.4, 0.5) is 0 Å². The Labute approximate surface area is 150 Å². The number of benzene rings is 1. The first-order valence-corrected chi connectivity index (χ1v) is 10.4. The summed E-state index contributed by atoms with van der Waals surface area (Å²) in [5, 5.41) is 0. The van der Waals surface area contributed by atoms with Crippen molar-refractivity contribution in [3.05, 3.63) is 35.9 Å². The Balaban J connectivity index is 1.55. The van der Waals surface area contributed by atoms with E-state index in [1.807, 2.05) is 30.3 Å². The number of amides is 1. The van der Waals surface area contributed by atoms with E-state index in [1.165, 1.54) is 4.31 Å². The molecule has 0 spiro atoms. The monoisotopic (exact) mass is 365 g/mol. The van der Waals surface area contributed by atoms with Crippen LogP contribution >= 0.6 is 0 Å². The lowest BCUT2D eigenvalue weighted by atomic mass is 10.0. The molecule has 0 radical (unpaired) electrons. The highest BCUT2D eigenvalue weighted by Gasteiger charge is 2.35. The van der Waals surface area contributed by atoms with Gasteiger partial charge in [0.25, 0.3) is 10.2 Å². The lowest BCUT2D eigenvalue weighted by Crippen LogP contribution is -2.55. The van der Waals surface area contributed by atoms with E-state index in [2.05, 4.69) is 6.92 Å². The number of nitrogens with zero attached hydrogens (tertiary/aromatic N) is 3. The molecule has 2 saturated heterocycles. The molecule has 1 aromatic carbocycles. The van der Waals surface area contributed by atoms with Gasteiger partial charge in [-0.15, -0.1) is 0 Å². The van der Waals surface area contributed by atoms with E-state index in [0.29, 0.717) is 51.6 Å². The van der Waals surface area contributed by atoms with Crippen LogP contribution in [0, 0.1) is 5.92 Å². The van der Waals surface area contributed by atoms with Crippen molar-refractivity contribution in [1.29, 1.82) is 0 Å². The number of piperidine rings is 1. The molecular formula is C18H27N3O3S. The summed E-state index contributed by atoms with van der Waals surface area (Å²) in [6, 6.07) is 9.66. The zero-order chi connectivity index (χ0) is 17.9. The maximum absolute atomic E-state index is 12.8. The molecule has 3 rings (SSSR count). The fourth-order valence-corrected chi connectivity index (χ4v) is 5.32. The van der Waals surface area contributed by atoms with E-state index in [-0.39, 0.29) is 5.91 Å². The van der Waals surface area contributed by atoms with E-state index in [4.69, 9.17) is 0 Å². The first-order chi connectivity index (χ1) is 12.0. The highest BCUT2D eigenvalue weighted by molar-refractivity contribution is 7.86. The van der Waals surface area contributed by atoms with Gasteiger partial charge in [0.05, 0.1) is 6.42 Å². The van der Waals surface area contributed by atoms with Gasteiger partial charge < -0.3 is 4.90 Å². The van der Waals surface area contributed by atoms with Crippen LogP contribution in [-0.4, -0.2) is 67.1 Å². The number of carbonyl (C=O) groups is 1. The zero-order valence-electron chi connectivity index (χ0n) is 14.8. The van der Waals surface area contributed by atoms with E-state index in [9.17, 15) is 13.2 Å². The van der Waals surface area contributed by atoms with Crippen molar-refractivity contribution in [1.82, 2.24) is 13.5 Å². The lowest BCUT2D eigenvalue weighted by Gasteiger charge is -2.38. The van der Waals surface area contributed by atoms with Gasteiger partial charge in [-0.2, -0.15) is 17.0 Å². The molecule has 1 atom stereocenters. The van der Waals surface area contributed by atoms with Crippen LogP contribution in [0.3, 0.4) is 0 Å². The van der Waals surface area contributed by atoms with Crippen LogP contribution in [-0.2, 0) is 21.4 Å². The topological polar surface area (TPSA) is 60.9 Å². The second-order valence-corrected chi connectivity index (χ2v) is 8.98. The van der Waals surface area contributed by atoms with Gasteiger partial charge in [0, 0.05) is 39.3 Å². The maximum atomic E-state index is 12.8. The molecule has 7 heteroatoms. The fraction of sp³-hybridized carbons (Fsp3) is 0.611. The molecule has 2 fully saturated rings. The molecular weight excluding hydrogens is 338 g/mol. The first-order valence-electron chi connectivity index (χ1n) is 9.04. The summed E-state index contributed by atoms with van der Waals surface area (Å²) in [5.74, 6) is 0.479. The summed E-state index contributed by atoms with van der Waals surface area (Å²) >= 11 is 0. The van der Waals surface area contributed by atoms with Crippen molar-refractivity contribution < 1.29 is 13.2 Å². The minimum atomic E-state index is -3.40. The molecule has 0 unspecified atom stereocenters. The van der Waals surface area contributed by atoms with E-state index < -0.39 is 10.2 Å². The molecule has 1 amide bonds. The normalized spacial score (nSPS) is 23.6. The summed E-state index contributed by atoms with van der Waals surface area (Å²) in [7, 11) is -3.40. The van der Waals surface area contributed by atoms with Crippen LogP contribution < -0.4 is 0 Å². The predicted octanol–water partition coefficient (Wildman–Crippen LogP) is 1.35. The van der Waals surface area contributed by atoms with Gasteiger partial charge >= 0.3 is 0 Å². The Kier molecular flexibility index (Phi) is 5.76. The minimum absolute atomic E-state index is 0.0647. The Morgan fingerprint density at radius 3 is 2.36 bits per heavy atom. The average molecular weight is 365 g/mol. The standard InChI is InChI=1S/C18H27N3O3S/c1-16-6-5-9-21(15-16)25(23,24)20-12-10-19(11-13-20)18(22)14-17-7-3-2-4-8-17/h2-4,7-8,16H,5-6,9-15H2,1H3/t16-/m1/s1. The number of hydrogen-bond acceptors (Lipinski definition) is 3. The SMILES string of the molecule is C[C@@H]1CCCN(S(=O)(=O)N2CCN(C(=O)Cc3ccccc3)CC2)C1. The molecule has 2 heterocycles. The summed E-state index contributed by atoms with van der Waals surface area (Å²) in [6.07, 6.45) is 2.39. The summed E-state index contributed by atoms with van der Waals surface area (Å²) in [5.41, 5.74) is 0.991. The van der Waals surface area contributed by atoms with Crippen LogP contribution in [0.2, 0.25) is 0 Å². The van der Waals surface area contributed by atoms with Crippen molar-refractivity contribution in [3.63, 3.8) is 0 Å². The summed E-state index contributed by atoms with van der Waals surface area (Å²) in [6.45, 7) is 5.02. The maximum Gasteiger partial charge on any atom is 0.282 e. The molecule has 0 bridgehead atoms. The van der Waals surface area contributed by atoms with Crippen LogP contribution in [0.5, 0.6) is 0 Å². The number of rotatable bonds is 4. The molecule has 25 heavy (non-hydrogen) atoms. The molecule has 2 aliphatic rings. The highest BCUT2D eigenvalue weighted by atomic mass is 32.2. The molecule has 0 aliphatic carbocycles. The number of hydrogen-bond donors (Lipinski definition) is 0. The van der Waals surface area contributed by atoms with Crippen molar-refractivity contribution in [2.75, 3.05) is 39.3 Å². The highest BCUT2D eigenvalue weighted by Crippen LogP contribution is 2.21. The Morgan fingerprint density at radius 2 is 1.72 bits per heavy atom. The third kappa shape index (κ3) is 4.40. The molecule has 6 nitrogen and oxygen atoms in total. The molecule has 0 N–H and O–H groups in total. The van der Waals surface area contributed by atoms with Crippen molar-refractivity contribution in [2.45, 2.75) is 26.2 Å². The number of piperazine rings is 1. The Morgan fingerprint density at radius 1 is 1.04 bits per heavy atom. The lowest BCUT2D eigenvalue weighted by molar-refractivity contribution is -0.131. The number of carbonyl (C=O) groups excluding carboxylic acids is 1. The molecule has 0 saturated carbocycles. The minimum Gasteiger partial charge on any atom is -0.340 e. The Bertz CT molecular complexity index is 685. The third-order valence-electron chi connectivity index (χ3n) is 5.06. The van der Waals surface area contributed by atoms with E-state index >= 15 is 0 Å². The van der Waals surface area contributed by atoms with Gasteiger partial charge in [0.1, 0.15) is 0 Å². The molecule has 2 aliphatic heterocycles. The largest absolute Gasteiger partial charge is 0.340 e. The van der Waals surface area contributed by atoms with Crippen LogP contribution in [0.1, 0.15) is 25.3 Å². The summed E-state index contributed by atoms with van der Waals surface area (Å²) < 4.78 is 28.8. The third-order valence-corrected chi connectivity index (χ3v) is 7.06. The predicted molar refractivity (Wildman–Crippen MR) is 97.2 cm³/mol. The second kappa shape index (κ2) is 7.85. The zero-order valence-corrected chi connectivity index (χ0v) is 15.6. The van der Waals surface area contributed by atoms with Gasteiger partial charge in [0.15, 0.2) is 0 Å². The van der Waals surface area contributed by atoms with E-state index in [0.717, 1.165) is 18.4 Å².